The third kappa shape index (κ3) is 3.68. The molecule has 1 aliphatic heterocycles. The van der Waals surface area contributed by atoms with E-state index in [1.807, 2.05) is 0 Å². The average Bonchev–Trinajstić information content (AvgIpc) is 3.32. The molecular weight excluding hydrogens is 314 g/mol. The Bertz CT molecular complexity index is 599. The van der Waals surface area contributed by atoms with E-state index < -0.39 is 0 Å². The molecule has 126 valence electrons. The lowest BCUT2D eigenvalue weighted by Crippen LogP contribution is -2.44. The predicted octanol–water partition coefficient (Wildman–Crippen LogP) is 0.991. The van der Waals surface area contributed by atoms with Crippen molar-refractivity contribution in [3.8, 4) is 0 Å². The van der Waals surface area contributed by atoms with Crippen molar-refractivity contribution in [1.82, 2.24) is 19.7 Å². The SMILES string of the molecule is CCn1c(SCC(=O)N2CCCC(C(N)=O)C2)nnc1C1CC1. The third-order valence-electron chi connectivity index (χ3n) is 4.51. The van der Waals surface area contributed by atoms with Crippen molar-refractivity contribution in [2.75, 3.05) is 18.8 Å². The molecule has 2 fully saturated rings. The summed E-state index contributed by atoms with van der Waals surface area (Å²) >= 11 is 1.43. The summed E-state index contributed by atoms with van der Waals surface area (Å²) in [5, 5.41) is 9.33. The molecule has 1 aromatic heterocycles. The molecule has 8 heteroatoms. The summed E-state index contributed by atoms with van der Waals surface area (Å²) in [7, 11) is 0. The number of piperidine rings is 1. The van der Waals surface area contributed by atoms with Crippen LogP contribution in [0.3, 0.4) is 0 Å². The van der Waals surface area contributed by atoms with Crippen LogP contribution in [-0.2, 0) is 16.1 Å². The van der Waals surface area contributed by atoms with Crippen LogP contribution in [0, 0.1) is 5.92 Å². The Morgan fingerprint density at radius 3 is 2.74 bits per heavy atom. The molecule has 1 saturated heterocycles. The van der Waals surface area contributed by atoms with Gasteiger partial charge in [-0.15, -0.1) is 10.2 Å². The zero-order chi connectivity index (χ0) is 16.4. The lowest BCUT2D eigenvalue weighted by molar-refractivity contribution is -0.132. The second kappa shape index (κ2) is 6.90. The first kappa shape index (κ1) is 16.3. The van der Waals surface area contributed by atoms with Gasteiger partial charge in [0.15, 0.2) is 5.16 Å². The second-order valence-corrected chi connectivity index (χ2v) is 7.17. The minimum atomic E-state index is -0.310. The number of amides is 2. The quantitative estimate of drug-likeness (QED) is 0.781. The van der Waals surface area contributed by atoms with E-state index in [0.717, 1.165) is 30.4 Å². The van der Waals surface area contributed by atoms with Gasteiger partial charge in [0.25, 0.3) is 0 Å². The molecule has 7 nitrogen and oxygen atoms in total. The fraction of sp³-hybridized carbons (Fsp3) is 0.733. The molecule has 2 heterocycles. The molecular formula is C15H23N5O2S. The van der Waals surface area contributed by atoms with Crippen molar-refractivity contribution in [1.29, 1.82) is 0 Å². The molecule has 23 heavy (non-hydrogen) atoms. The highest BCUT2D eigenvalue weighted by Crippen LogP contribution is 2.40. The normalized spacial score (nSPS) is 21.4. The number of rotatable bonds is 6. The summed E-state index contributed by atoms with van der Waals surface area (Å²) < 4.78 is 2.11. The van der Waals surface area contributed by atoms with Crippen LogP contribution < -0.4 is 5.73 Å². The number of nitrogens with two attached hydrogens (primary N) is 1. The van der Waals surface area contributed by atoms with Gasteiger partial charge in [0.05, 0.1) is 11.7 Å². The molecule has 1 aliphatic carbocycles. The number of aromatic nitrogens is 3. The molecule has 0 aromatic carbocycles. The molecule has 2 aliphatic rings. The molecule has 0 radical (unpaired) electrons. The third-order valence-corrected chi connectivity index (χ3v) is 5.46. The van der Waals surface area contributed by atoms with Crippen LogP contribution in [0.2, 0.25) is 0 Å². The summed E-state index contributed by atoms with van der Waals surface area (Å²) in [6, 6.07) is 0. The van der Waals surface area contributed by atoms with Crippen LogP contribution >= 0.6 is 11.8 Å². The van der Waals surface area contributed by atoms with E-state index in [1.54, 1.807) is 4.90 Å². The molecule has 1 atom stereocenters. The van der Waals surface area contributed by atoms with Crippen molar-refractivity contribution >= 4 is 23.6 Å². The number of primary amides is 1. The van der Waals surface area contributed by atoms with Crippen molar-refractivity contribution in [3.63, 3.8) is 0 Å². The maximum atomic E-state index is 12.4. The van der Waals surface area contributed by atoms with E-state index in [4.69, 9.17) is 5.73 Å². The van der Waals surface area contributed by atoms with Crippen molar-refractivity contribution in [2.45, 2.75) is 50.2 Å². The zero-order valence-corrected chi connectivity index (χ0v) is 14.2. The molecule has 0 bridgehead atoms. The van der Waals surface area contributed by atoms with Gasteiger partial charge >= 0.3 is 0 Å². The van der Waals surface area contributed by atoms with Crippen LogP contribution in [0.5, 0.6) is 0 Å². The van der Waals surface area contributed by atoms with E-state index in [1.165, 1.54) is 24.6 Å². The summed E-state index contributed by atoms with van der Waals surface area (Å²) in [4.78, 5) is 25.5. The Hall–Kier alpha value is -1.57. The van der Waals surface area contributed by atoms with Gasteiger partial charge in [0.2, 0.25) is 11.8 Å². The standard InChI is InChI=1S/C15H23N5O2S/c1-2-20-14(10-5-6-10)17-18-15(20)23-9-12(21)19-7-3-4-11(8-19)13(16)22/h10-11H,2-9H2,1H3,(H2,16,22). The van der Waals surface area contributed by atoms with E-state index >= 15 is 0 Å². The highest BCUT2D eigenvalue weighted by molar-refractivity contribution is 7.99. The number of likely N-dealkylation sites (tertiary alicyclic amines) is 1. The number of carbonyl (C=O) groups excluding carboxylic acids is 2. The van der Waals surface area contributed by atoms with Gasteiger partial charge in [-0.25, -0.2) is 0 Å². The number of thioether (sulfide) groups is 1. The topological polar surface area (TPSA) is 94.1 Å². The minimum absolute atomic E-state index is 0.0413. The van der Waals surface area contributed by atoms with Crippen LogP contribution in [0.1, 0.15) is 44.3 Å². The van der Waals surface area contributed by atoms with Gasteiger partial charge in [-0.05, 0) is 32.6 Å². The van der Waals surface area contributed by atoms with E-state index in [0.29, 0.717) is 24.8 Å². The van der Waals surface area contributed by atoms with Crippen molar-refractivity contribution < 1.29 is 9.59 Å². The lowest BCUT2D eigenvalue weighted by atomic mass is 9.97. The summed E-state index contributed by atoms with van der Waals surface area (Å²) in [6.45, 7) is 4.05. The van der Waals surface area contributed by atoms with Crippen LogP contribution in [0.4, 0.5) is 0 Å². The predicted molar refractivity (Wildman–Crippen MR) is 86.9 cm³/mol. The highest BCUT2D eigenvalue weighted by Gasteiger charge is 2.31. The number of hydrogen-bond acceptors (Lipinski definition) is 5. The fourth-order valence-corrected chi connectivity index (χ4v) is 3.91. The first-order valence-electron chi connectivity index (χ1n) is 8.23. The fourth-order valence-electron chi connectivity index (χ4n) is 3.00. The Labute approximate surface area is 140 Å². The molecule has 2 amide bonds. The molecule has 1 aromatic rings. The van der Waals surface area contributed by atoms with Crippen LogP contribution in [0.25, 0.3) is 0 Å². The van der Waals surface area contributed by atoms with Gasteiger partial charge in [-0.3, -0.25) is 9.59 Å². The molecule has 1 unspecified atom stereocenters. The van der Waals surface area contributed by atoms with Crippen molar-refractivity contribution in [2.24, 2.45) is 11.7 Å². The second-order valence-electron chi connectivity index (χ2n) is 6.23. The Balaban J connectivity index is 1.57. The summed E-state index contributed by atoms with van der Waals surface area (Å²) in [6.07, 6.45) is 3.98. The molecule has 1 saturated carbocycles. The van der Waals surface area contributed by atoms with E-state index in [-0.39, 0.29) is 17.7 Å². The number of hydrogen-bond donors (Lipinski definition) is 1. The zero-order valence-electron chi connectivity index (χ0n) is 13.4. The minimum Gasteiger partial charge on any atom is -0.369 e. The Kier molecular flexibility index (Phi) is 4.89. The molecule has 3 rings (SSSR count). The van der Waals surface area contributed by atoms with Gasteiger partial charge in [-0.2, -0.15) is 0 Å². The van der Waals surface area contributed by atoms with E-state index in [9.17, 15) is 9.59 Å². The summed E-state index contributed by atoms with van der Waals surface area (Å²) in [5.74, 6) is 1.45. The van der Waals surface area contributed by atoms with Gasteiger partial charge in [0.1, 0.15) is 5.82 Å². The number of nitrogens with zero attached hydrogens (tertiary/aromatic N) is 4. The number of carbonyl (C=O) groups is 2. The Morgan fingerprint density at radius 1 is 1.30 bits per heavy atom. The molecule has 0 spiro atoms. The van der Waals surface area contributed by atoms with Crippen LogP contribution in [0.15, 0.2) is 5.16 Å². The van der Waals surface area contributed by atoms with Crippen molar-refractivity contribution in [3.05, 3.63) is 5.82 Å². The monoisotopic (exact) mass is 337 g/mol. The average molecular weight is 337 g/mol. The first-order valence-corrected chi connectivity index (χ1v) is 9.21. The summed E-state index contributed by atoms with van der Waals surface area (Å²) in [5.41, 5.74) is 5.37. The highest BCUT2D eigenvalue weighted by atomic mass is 32.2. The maximum Gasteiger partial charge on any atom is 0.233 e. The maximum absolute atomic E-state index is 12.4. The Morgan fingerprint density at radius 2 is 2.09 bits per heavy atom. The van der Waals surface area contributed by atoms with Gasteiger partial charge in [-0.1, -0.05) is 11.8 Å². The smallest absolute Gasteiger partial charge is 0.233 e. The first-order chi connectivity index (χ1) is 11.1. The van der Waals surface area contributed by atoms with Gasteiger partial charge < -0.3 is 15.2 Å². The largest absolute Gasteiger partial charge is 0.369 e. The van der Waals surface area contributed by atoms with Crippen LogP contribution in [-0.4, -0.2) is 50.3 Å². The van der Waals surface area contributed by atoms with E-state index in [2.05, 4.69) is 21.7 Å². The lowest BCUT2D eigenvalue weighted by Gasteiger charge is -2.31. The van der Waals surface area contributed by atoms with Gasteiger partial charge in [0, 0.05) is 25.6 Å². The molecule has 2 N–H and O–H groups in total.